The molecule has 0 bridgehead atoms. The van der Waals surface area contributed by atoms with E-state index in [0.717, 1.165) is 18.6 Å². The number of amides is 1. The van der Waals surface area contributed by atoms with E-state index < -0.39 is 42.1 Å². The molecule has 0 aromatic heterocycles. The molecular weight excluding hydrogens is 490 g/mol. The summed E-state index contributed by atoms with van der Waals surface area (Å²) >= 11 is 0. The van der Waals surface area contributed by atoms with Crippen molar-refractivity contribution in [2.45, 2.75) is 29.7 Å². The number of rotatable bonds is 6. The molecule has 8 nitrogen and oxygen atoms in total. The van der Waals surface area contributed by atoms with Crippen molar-refractivity contribution in [2.24, 2.45) is 0 Å². The first-order valence-corrected chi connectivity index (χ1v) is 14.2. The van der Waals surface area contributed by atoms with Gasteiger partial charge in [0.1, 0.15) is 10.6 Å². The molecule has 1 saturated heterocycles. The molecule has 2 aromatic rings. The van der Waals surface area contributed by atoms with Gasteiger partial charge in [0.15, 0.2) is 31.3 Å². The number of hydrogen-bond donors (Lipinski definition) is 0. The van der Waals surface area contributed by atoms with Gasteiger partial charge in [-0.25, -0.2) is 25.6 Å². The lowest BCUT2D eigenvalue weighted by atomic mass is 10.1. The van der Waals surface area contributed by atoms with Gasteiger partial charge < -0.3 is 14.5 Å². The van der Waals surface area contributed by atoms with Gasteiger partial charge >= 0.3 is 0 Å². The molecule has 0 aliphatic carbocycles. The Morgan fingerprint density at radius 1 is 0.912 bits per heavy atom. The lowest BCUT2D eigenvalue weighted by molar-refractivity contribution is 0.0740. The molecule has 0 saturated carbocycles. The Morgan fingerprint density at radius 3 is 2.06 bits per heavy atom. The second-order valence-electron chi connectivity index (χ2n) is 8.36. The average molecular weight is 517 g/mol. The van der Waals surface area contributed by atoms with Crippen LogP contribution in [0.15, 0.2) is 40.1 Å². The topological polar surface area (TPSA) is 101 Å². The fourth-order valence-electron chi connectivity index (χ4n) is 3.64. The zero-order valence-electron chi connectivity index (χ0n) is 19.2. The van der Waals surface area contributed by atoms with Gasteiger partial charge in [0.05, 0.1) is 22.3 Å². The maximum Gasteiger partial charge on any atom is 0.257 e. The summed E-state index contributed by atoms with van der Waals surface area (Å²) in [5, 5.41) is 0. The van der Waals surface area contributed by atoms with Crippen LogP contribution in [0.2, 0.25) is 0 Å². The number of piperazine rings is 1. The normalized spacial score (nSPS) is 15.0. The summed E-state index contributed by atoms with van der Waals surface area (Å²) in [5.74, 6) is -2.90. The molecule has 0 spiro atoms. The highest BCUT2D eigenvalue weighted by Gasteiger charge is 2.29. The molecule has 1 heterocycles. The number of hydrogen-bond acceptors (Lipinski definition) is 7. The zero-order valence-corrected chi connectivity index (χ0v) is 20.8. The van der Waals surface area contributed by atoms with Gasteiger partial charge in [0, 0.05) is 38.7 Å². The third-order valence-corrected chi connectivity index (χ3v) is 7.53. The van der Waals surface area contributed by atoms with Gasteiger partial charge in [-0.2, -0.15) is 0 Å². The predicted octanol–water partition coefficient (Wildman–Crippen LogP) is 2.52. The summed E-state index contributed by atoms with van der Waals surface area (Å²) < 4.78 is 81.8. The Bertz CT molecular complexity index is 1320. The first-order chi connectivity index (χ1) is 15.7. The zero-order chi connectivity index (χ0) is 25.4. The molecule has 1 fully saturated rings. The van der Waals surface area contributed by atoms with E-state index >= 15 is 0 Å². The molecule has 0 N–H and O–H groups in total. The van der Waals surface area contributed by atoms with Crippen molar-refractivity contribution in [1.82, 2.24) is 4.90 Å². The van der Waals surface area contributed by atoms with Crippen LogP contribution >= 0.6 is 0 Å². The highest BCUT2D eigenvalue weighted by molar-refractivity contribution is 7.91. The average Bonchev–Trinajstić information content (AvgIpc) is 2.73. The van der Waals surface area contributed by atoms with Crippen molar-refractivity contribution in [3.05, 3.63) is 47.5 Å². The smallest absolute Gasteiger partial charge is 0.257 e. The Labute approximate surface area is 198 Å². The van der Waals surface area contributed by atoms with Crippen molar-refractivity contribution in [3.8, 4) is 5.75 Å². The van der Waals surface area contributed by atoms with Crippen LogP contribution in [-0.2, 0) is 19.7 Å². The van der Waals surface area contributed by atoms with E-state index in [0.29, 0.717) is 0 Å². The summed E-state index contributed by atoms with van der Waals surface area (Å²) in [6.45, 7) is 4.18. The van der Waals surface area contributed by atoms with Crippen LogP contribution in [0, 0.1) is 11.6 Å². The lowest BCUT2D eigenvalue weighted by Gasteiger charge is -2.36. The van der Waals surface area contributed by atoms with Crippen LogP contribution in [0.25, 0.3) is 0 Å². The SMILES string of the molecule is CC(C)Oc1ccc(S(C)(=O)=O)cc1C(=O)N1CCN(c2ccc(S(C)(=O)=O)c(F)c2F)CC1. The number of nitrogens with zero attached hydrogens (tertiary/aromatic N) is 2. The largest absolute Gasteiger partial charge is 0.490 e. The molecule has 1 aliphatic heterocycles. The number of carbonyl (C=O) groups excluding carboxylic acids is 1. The first-order valence-electron chi connectivity index (χ1n) is 10.4. The summed E-state index contributed by atoms with van der Waals surface area (Å²) in [7, 11) is -7.48. The molecule has 1 amide bonds. The molecule has 34 heavy (non-hydrogen) atoms. The van der Waals surface area contributed by atoms with E-state index in [4.69, 9.17) is 4.74 Å². The predicted molar refractivity (Wildman–Crippen MR) is 123 cm³/mol. The Kier molecular flexibility index (Phi) is 7.23. The number of sulfone groups is 2. The fourth-order valence-corrected chi connectivity index (χ4v) is 5.01. The molecule has 1 aliphatic rings. The van der Waals surface area contributed by atoms with Crippen LogP contribution in [-0.4, -0.2) is 72.4 Å². The summed E-state index contributed by atoms with van der Waals surface area (Å²) in [6, 6.07) is 6.32. The highest BCUT2D eigenvalue weighted by atomic mass is 32.2. The Balaban J connectivity index is 1.83. The monoisotopic (exact) mass is 516 g/mol. The number of benzene rings is 2. The molecule has 3 rings (SSSR count). The maximum atomic E-state index is 14.6. The van der Waals surface area contributed by atoms with E-state index in [9.17, 15) is 30.4 Å². The van der Waals surface area contributed by atoms with Crippen LogP contribution in [0.3, 0.4) is 0 Å². The molecule has 2 aromatic carbocycles. The lowest BCUT2D eigenvalue weighted by Crippen LogP contribution is -2.49. The molecule has 0 atom stereocenters. The van der Waals surface area contributed by atoms with E-state index in [1.165, 1.54) is 34.1 Å². The molecule has 0 unspecified atom stereocenters. The quantitative estimate of drug-likeness (QED) is 0.582. The van der Waals surface area contributed by atoms with Crippen molar-refractivity contribution >= 4 is 31.3 Å². The Morgan fingerprint density at radius 2 is 1.53 bits per heavy atom. The number of anilines is 1. The summed E-state index contributed by atoms with van der Waals surface area (Å²) in [5.41, 5.74) is -0.000270. The van der Waals surface area contributed by atoms with Gasteiger partial charge in [0.2, 0.25) is 0 Å². The van der Waals surface area contributed by atoms with Crippen molar-refractivity contribution in [3.63, 3.8) is 0 Å². The highest BCUT2D eigenvalue weighted by Crippen LogP contribution is 2.29. The van der Waals surface area contributed by atoms with Crippen LogP contribution in [0.5, 0.6) is 5.75 Å². The van der Waals surface area contributed by atoms with Crippen molar-refractivity contribution < 1.29 is 35.1 Å². The van der Waals surface area contributed by atoms with E-state index in [1.807, 2.05) is 0 Å². The van der Waals surface area contributed by atoms with E-state index in [1.54, 1.807) is 13.8 Å². The second kappa shape index (κ2) is 9.49. The van der Waals surface area contributed by atoms with Crippen LogP contribution < -0.4 is 9.64 Å². The van der Waals surface area contributed by atoms with Gasteiger partial charge in [-0.3, -0.25) is 4.79 Å². The minimum atomic E-state index is -3.92. The first kappa shape index (κ1) is 25.9. The second-order valence-corrected chi connectivity index (χ2v) is 12.4. The number of ether oxygens (including phenoxy) is 1. The summed E-state index contributed by atoms with van der Waals surface area (Å²) in [6.07, 6.45) is 1.59. The third kappa shape index (κ3) is 5.49. The van der Waals surface area contributed by atoms with Gasteiger partial charge in [-0.05, 0) is 44.2 Å². The van der Waals surface area contributed by atoms with Gasteiger partial charge in [0.25, 0.3) is 5.91 Å². The van der Waals surface area contributed by atoms with E-state index in [2.05, 4.69) is 0 Å². The molecular formula is C22H26F2N2O6S2. The van der Waals surface area contributed by atoms with Crippen LogP contribution in [0.1, 0.15) is 24.2 Å². The van der Waals surface area contributed by atoms with Gasteiger partial charge in [-0.1, -0.05) is 0 Å². The summed E-state index contributed by atoms with van der Waals surface area (Å²) in [4.78, 5) is 15.5. The number of halogens is 2. The molecule has 12 heteroatoms. The standard InChI is InChI=1S/C22H26F2N2O6S2/c1-14(2)32-18-7-5-15(33(3,28)29)13-16(18)22(27)26-11-9-25(10-12-26)17-6-8-19(34(4,30)31)21(24)20(17)23/h5-8,13-14H,9-12H2,1-4H3. The maximum absolute atomic E-state index is 14.6. The fraction of sp³-hybridized carbons (Fsp3) is 0.409. The van der Waals surface area contributed by atoms with E-state index in [-0.39, 0.29) is 54.2 Å². The van der Waals surface area contributed by atoms with Crippen LogP contribution in [0.4, 0.5) is 14.5 Å². The third-order valence-electron chi connectivity index (χ3n) is 5.31. The minimum Gasteiger partial charge on any atom is -0.490 e. The number of carbonyl (C=O) groups is 1. The minimum absolute atomic E-state index is 0.0193. The van der Waals surface area contributed by atoms with Gasteiger partial charge in [-0.15, -0.1) is 0 Å². The van der Waals surface area contributed by atoms with Crippen molar-refractivity contribution in [1.29, 1.82) is 0 Å². The Hall–Kier alpha value is -2.73. The molecule has 186 valence electrons. The van der Waals surface area contributed by atoms with Crippen molar-refractivity contribution in [2.75, 3.05) is 43.6 Å². The molecule has 0 radical (unpaired) electrons.